The third-order valence-corrected chi connectivity index (χ3v) is 11.1. The molecule has 0 spiro atoms. The summed E-state index contributed by atoms with van der Waals surface area (Å²) < 4.78 is 32.4. The number of hydrogen-bond acceptors (Lipinski definition) is 3. The first-order valence-corrected chi connectivity index (χ1v) is 13.5. The average molecular weight is 475 g/mol. The molecule has 0 unspecified atom stereocenters. The highest BCUT2D eigenvalue weighted by Gasteiger charge is 2.51. The molecule has 0 aliphatic carbocycles. The largest absolute Gasteiger partial charge is 0.491 e. The summed E-state index contributed by atoms with van der Waals surface area (Å²) in [5.41, 5.74) is 0. The van der Waals surface area contributed by atoms with Crippen LogP contribution < -0.4 is 15.1 Å². The van der Waals surface area contributed by atoms with Gasteiger partial charge in [-0.25, -0.2) is 4.39 Å². The van der Waals surface area contributed by atoms with E-state index in [-0.39, 0.29) is 17.0 Å². The van der Waals surface area contributed by atoms with Gasteiger partial charge in [-0.3, -0.25) is 0 Å². The lowest BCUT2D eigenvalue weighted by molar-refractivity contribution is 0.114. The molecule has 4 aromatic rings. The van der Waals surface area contributed by atoms with Crippen molar-refractivity contribution >= 4 is 18.7 Å². The zero-order valence-electron chi connectivity index (χ0n) is 19.9. The van der Waals surface area contributed by atoms with E-state index in [1.165, 1.54) is 22.5 Å². The Morgan fingerprint density at radius 2 is 1.38 bits per heavy atom. The molecule has 0 aliphatic heterocycles. The van der Waals surface area contributed by atoms with Crippen LogP contribution in [0.5, 0.6) is 5.75 Å². The summed E-state index contributed by atoms with van der Waals surface area (Å²) in [6, 6.07) is 31.0. The van der Waals surface area contributed by atoms with Gasteiger partial charge in [-0.1, -0.05) is 81.4 Å². The van der Waals surface area contributed by atoms with Gasteiger partial charge in [0.2, 0.25) is 0 Å². The first-order valence-electron chi connectivity index (χ1n) is 11.6. The zero-order valence-corrected chi connectivity index (χ0v) is 20.9. The third kappa shape index (κ3) is 5.32. The van der Waals surface area contributed by atoms with E-state index in [0.29, 0.717) is 18.8 Å². The van der Waals surface area contributed by atoms with Crippen molar-refractivity contribution in [3.8, 4) is 5.75 Å². The summed E-state index contributed by atoms with van der Waals surface area (Å²) in [5, 5.41) is 2.26. The summed E-state index contributed by atoms with van der Waals surface area (Å²) in [7, 11) is -2.77. The first-order chi connectivity index (χ1) is 16.4. The molecule has 4 rings (SSSR count). The van der Waals surface area contributed by atoms with Crippen LogP contribution in [0.1, 0.15) is 26.5 Å². The van der Waals surface area contributed by atoms with Gasteiger partial charge in [0.1, 0.15) is 23.9 Å². The zero-order chi connectivity index (χ0) is 24.0. The molecular weight excluding hydrogens is 443 g/mol. The van der Waals surface area contributed by atoms with Crippen molar-refractivity contribution < 1.29 is 18.0 Å². The maximum absolute atomic E-state index is 13.4. The monoisotopic (exact) mass is 474 g/mol. The van der Waals surface area contributed by atoms with Gasteiger partial charge in [0, 0.05) is 6.42 Å². The van der Waals surface area contributed by atoms with Gasteiger partial charge in [-0.05, 0) is 51.8 Å². The molecule has 0 saturated heterocycles. The number of furan rings is 1. The minimum absolute atomic E-state index is 0.160. The summed E-state index contributed by atoms with van der Waals surface area (Å²) in [6.07, 6.45) is 1.97. The van der Waals surface area contributed by atoms with Crippen molar-refractivity contribution in [1.29, 1.82) is 0 Å². The van der Waals surface area contributed by atoms with Gasteiger partial charge in [0.15, 0.2) is 0 Å². The van der Waals surface area contributed by atoms with E-state index in [4.69, 9.17) is 13.6 Å². The lowest BCUT2D eigenvalue weighted by Crippen LogP contribution is -2.68. The van der Waals surface area contributed by atoms with Gasteiger partial charge in [0.25, 0.3) is 8.32 Å². The number of hydrogen-bond donors (Lipinski definition) is 0. The fourth-order valence-corrected chi connectivity index (χ4v) is 9.12. The summed E-state index contributed by atoms with van der Waals surface area (Å²) in [4.78, 5) is 0. The van der Waals surface area contributed by atoms with E-state index >= 15 is 0 Å². The lowest BCUT2D eigenvalue weighted by Gasteiger charge is -2.45. The predicted octanol–water partition coefficient (Wildman–Crippen LogP) is 5.99. The Morgan fingerprint density at radius 1 is 0.794 bits per heavy atom. The minimum Gasteiger partial charge on any atom is -0.491 e. The van der Waals surface area contributed by atoms with Crippen LogP contribution >= 0.6 is 0 Å². The second-order valence-electron chi connectivity index (χ2n) is 9.45. The molecule has 0 fully saturated rings. The number of benzene rings is 3. The Kier molecular flexibility index (Phi) is 7.34. The Labute approximate surface area is 202 Å². The first kappa shape index (κ1) is 24.0. The molecule has 3 nitrogen and oxygen atoms in total. The highest BCUT2D eigenvalue weighted by Crippen LogP contribution is 2.38. The third-order valence-electron chi connectivity index (χ3n) is 6.02. The quantitative estimate of drug-likeness (QED) is 0.280. The van der Waals surface area contributed by atoms with E-state index in [9.17, 15) is 4.39 Å². The average Bonchev–Trinajstić information content (AvgIpc) is 3.35. The predicted molar refractivity (Wildman–Crippen MR) is 137 cm³/mol. The molecule has 1 heterocycles. The van der Waals surface area contributed by atoms with Gasteiger partial charge < -0.3 is 13.6 Å². The highest BCUT2D eigenvalue weighted by atomic mass is 28.4. The Hall–Kier alpha value is -3.15. The second kappa shape index (κ2) is 10.4. The smallest absolute Gasteiger partial charge is 0.261 e. The van der Waals surface area contributed by atoms with Crippen molar-refractivity contribution in [1.82, 2.24) is 0 Å². The molecule has 0 radical (unpaired) electrons. The fourth-order valence-electron chi connectivity index (χ4n) is 4.45. The van der Waals surface area contributed by atoms with Crippen LogP contribution in [0, 0.1) is 5.82 Å². The molecule has 1 aromatic heterocycles. The summed E-state index contributed by atoms with van der Waals surface area (Å²) >= 11 is 0. The highest BCUT2D eigenvalue weighted by molar-refractivity contribution is 6.99. The van der Waals surface area contributed by atoms with Crippen LogP contribution in [0.3, 0.4) is 0 Å². The van der Waals surface area contributed by atoms with E-state index < -0.39 is 8.32 Å². The molecule has 34 heavy (non-hydrogen) atoms. The molecular formula is C29H31FO3Si. The molecule has 1 atom stereocenters. The van der Waals surface area contributed by atoms with Crippen molar-refractivity contribution in [3.63, 3.8) is 0 Å². The normalized spacial score (nSPS) is 12.9. The minimum atomic E-state index is -2.77. The Morgan fingerprint density at radius 3 is 1.88 bits per heavy atom. The van der Waals surface area contributed by atoms with Gasteiger partial charge >= 0.3 is 0 Å². The van der Waals surface area contributed by atoms with E-state index in [2.05, 4.69) is 69.3 Å². The summed E-state index contributed by atoms with van der Waals surface area (Å²) in [5.74, 6) is 1.16. The lowest BCUT2D eigenvalue weighted by atomic mass is 10.2. The van der Waals surface area contributed by atoms with Crippen LogP contribution in [0.4, 0.5) is 4.39 Å². The van der Waals surface area contributed by atoms with E-state index in [0.717, 1.165) is 5.76 Å². The van der Waals surface area contributed by atoms with Crippen LogP contribution in [0.15, 0.2) is 108 Å². The van der Waals surface area contributed by atoms with Crippen molar-refractivity contribution in [3.05, 3.63) is 115 Å². The molecule has 0 aliphatic rings. The second-order valence-corrected chi connectivity index (χ2v) is 13.7. The van der Waals surface area contributed by atoms with E-state index in [1.807, 2.05) is 24.3 Å². The molecule has 0 amide bonds. The Bertz CT molecular complexity index is 1100. The number of ether oxygens (including phenoxy) is 1. The Balaban J connectivity index is 1.75. The van der Waals surface area contributed by atoms with E-state index in [1.54, 1.807) is 18.4 Å². The fraction of sp³-hybridized carbons (Fsp3) is 0.241. The van der Waals surface area contributed by atoms with Gasteiger partial charge in [-0.15, -0.1) is 0 Å². The topological polar surface area (TPSA) is 31.6 Å². The van der Waals surface area contributed by atoms with Gasteiger partial charge in [-0.2, -0.15) is 0 Å². The maximum Gasteiger partial charge on any atom is 0.261 e. The van der Waals surface area contributed by atoms with Crippen LogP contribution in [0.25, 0.3) is 0 Å². The molecule has 0 saturated carbocycles. The molecule has 0 N–H and O–H groups in total. The van der Waals surface area contributed by atoms with Crippen molar-refractivity contribution in [2.45, 2.75) is 38.3 Å². The maximum atomic E-state index is 13.4. The SMILES string of the molecule is CC(C)(C)[Si](O[C@H](COc1ccc(F)cc1)Cc1ccco1)(c1ccccc1)c1ccccc1. The van der Waals surface area contributed by atoms with Crippen molar-refractivity contribution in [2.24, 2.45) is 0 Å². The number of halogens is 1. The van der Waals surface area contributed by atoms with Crippen LogP contribution in [0.2, 0.25) is 5.04 Å². The van der Waals surface area contributed by atoms with Gasteiger partial charge in [0.05, 0.1) is 12.4 Å². The summed E-state index contributed by atoms with van der Waals surface area (Å²) in [6.45, 7) is 7.08. The molecule has 0 bridgehead atoms. The standard InChI is InChI=1S/C29H31FO3Si/c1-29(2,3)34(27-12-6-4-7-13-27,28-14-8-5-9-15-28)33-26(21-25-11-10-20-31-25)22-32-24-18-16-23(30)17-19-24/h4-20,26H,21-22H2,1-3H3/t26-/m0/s1. The van der Waals surface area contributed by atoms with Crippen LogP contribution in [-0.2, 0) is 10.8 Å². The number of rotatable bonds is 9. The molecule has 176 valence electrons. The van der Waals surface area contributed by atoms with Crippen LogP contribution in [-0.4, -0.2) is 21.0 Å². The molecule has 3 aromatic carbocycles. The molecule has 5 heteroatoms. The van der Waals surface area contributed by atoms with Crippen molar-refractivity contribution in [2.75, 3.05) is 6.61 Å².